The van der Waals surface area contributed by atoms with Gasteiger partial charge in [-0.2, -0.15) is 0 Å². The summed E-state index contributed by atoms with van der Waals surface area (Å²) >= 11 is 0. The van der Waals surface area contributed by atoms with Crippen molar-refractivity contribution in [3.8, 4) is 61.8 Å². The van der Waals surface area contributed by atoms with E-state index < -0.39 is 0 Å². The van der Waals surface area contributed by atoms with Gasteiger partial charge in [-0.25, -0.2) is 4.98 Å². The summed E-state index contributed by atoms with van der Waals surface area (Å²) in [5.74, 6) is 2.38. The lowest BCUT2D eigenvalue weighted by Crippen LogP contribution is -2.25. The van der Waals surface area contributed by atoms with Crippen molar-refractivity contribution >= 4 is 44.6 Å². The standard InChI is InChI=1S/C76H74N4O/c1-73(2,3)55-28-19-27-53(41-55)64-33-22-34-68-72(64)79(71-62(50-23-15-13-16-24-50)31-21-32-63(71)51-25-17-14-18-26-51)49-78(68)59-29-20-30-60(47-59)81-61-36-37-65-66-44-52(54-42-57(75(7,8)9)45-58(43-54)76(10,11)12)35-38-67(66)80(69(65)48-61)70-46-56(39-40-77-70)74(4,5)6/h13-48H,49H2,1-12H3. The molecule has 0 saturated heterocycles. The minimum atomic E-state index is -0.0625. The van der Waals surface area contributed by atoms with Gasteiger partial charge in [-0.1, -0.05) is 229 Å². The number of anilines is 4. The zero-order chi connectivity index (χ0) is 56.6. The van der Waals surface area contributed by atoms with Crippen LogP contribution in [-0.2, 0) is 21.7 Å². The number of pyridine rings is 1. The molecular formula is C76H74N4O. The van der Waals surface area contributed by atoms with Gasteiger partial charge in [-0.05, 0) is 126 Å². The van der Waals surface area contributed by atoms with Crippen LogP contribution in [0.2, 0.25) is 0 Å². The lowest BCUT2D eigenvalue weighted by molar-refractivity contribution is 0.483. The predicted octanol–water partition coefficient (Wildman–Crippen LogP) is 21.1. The Labute approximate surface area is 480 Å². The van der Waals surface area contributed by atoms with Crippen LogP contribution in [-0.4, -0.2) is 16.2 Å². The predicted molar refractivity (Wildman–Crippen MR) is 344 cm³/mol. The zero-order valence-electron chi connectivity index (χ0n) is 49.2. The summed E-state index contributed by atoms with van der Waals surface area (Å²) in [7, 11) is 0. The smallest absolute Gasteiger partial charge is 0.137 e. The Kier molecular flexibility index (Phi) is 13.2. The maximum atomic E-state index is 7.05. The van der Waals surface area contributed by atoms with Crippen molar-refractivity contribution in [3.63, 3.8) is 0 Å². The highest BCUT2D eigenvalue weighted by atomic mass is 16.5. The van der Waals surface area contributed by atoms with Crippen LogP contribution in [0.4, 0.5) is 22.7 Å². The third-order valence-electron chi connectivity index (χ3n) is 16.3. The minimum absolute atomic E-state index is 0.000880. The van der Waals surface area contributed by atoms with Gasteiger partial charge in [0.05, 0.1) is 28.1 Å². The van der Waals surface area contributed by atoms with E-state index in [9.17, 15) is 0 Å². The van der Waals surface area contributed by atoms with Crippen LogP contribution in [0.1, 0.15) is 105 Å². The van der Waals surface area contributed by atoms with Gasteiger partial charge in [0, 0.05) is 51.5 Å². The molecule has 2 aromatic heterocycles. The fourth-order valence-electron chi connectivity index (χ4n) is 11.7. The molecule has 5 heteroatoms. The summed E-state index contributed by atoms with van der Waals surface area (Å²) in [6, 6.07) is 78.0. The average Bonchev–Trinajstić information content (AvgIpc) is 3.45. The Hall–Kier alpha value is -8.67. The largest absolute Gasteiger partial charge is 0.457 e. The van der Waals surface area contributed by atoms with Gasteiger partial charge >= 0.3 is 0 Å². The molecule has 0 saturated carbocycles. The van der Waals surface area contributed by atoms with E-state index in [0.29, 0.717) is 6.67 Å². The molecule has 12 rings (SSSR count). The topological polar surface area (TPSA) is 33.5 Å². The summed E-state index contributed by atoms with van der Waals surface area (Å²) in [4.78, 5) is 10.1. The first-order valence-electron chi connectivity index (χ1n) is 28.7. The van der Waals surface area contributed by atoms with Gasteiger partial charge in [0.1, 0.15) is 24.0 Å². The third kappa shape index (κ3) is 10.2. The molecule has 0 atom stereocenters. The lowest BCUT2D eigenvalue weighted by Gasteiger charge is -2.28. The Morgan fingerprint density at radius 2 is 0.914 bits per heavy atom. The van der Waals surface area contributed by atoms with Crippen LogP contribution in [0.25, 0.3) is 72.1 Å². The number of para-hydroxylation sites is 2. The Morgan fingerprint density at radius 1 is 0.358 bits per heavy atom. The number of rotatable bonds is 9. The molecule has 0 amide bonds. The highest BCUT2D eigenvalue weighted by Gasteiger charge is 2.34. The summed E-state index contributed by atoms with van der Waals surface area (Å²) in [5, 5.41) is 2.31. The summed E-state index contributed by atoms with van der Waals surface area (Å²) in [6.45, 7) is 28.1. The maximum absolute atomic E-state index is 7.05. The van der Waals surface area contributed by atoms with Crippen LogP contribution < -0.4 is 14.5 Å². The Bertz CT molecular complexity index is 4070. The van der Waals surface area contributed by atoms with Gasteiger partial charge in [0.25, 0.3) is 0 Å². The quantitative estimate of drug-likeness (QED) is 0.144. The minimum Gasteiger partial charge on any atom is -0.457 e. The van der Waals surface area contributed by atoms with Crippen molar-refractivity contribution in [3.05, 3.63) is 241 Å². The summed E-state index contributed by atoms with van der Waals surface area (Å²) in [6.07, 6.45) is 1.95. The monoisotopic (exact) mass is 1060 g/mol. The molecule has 0 fully saturated rings. The molecular weight excluding hydrogens is 985 g/mol. The first-order valence-corrected chi connectivity index (χ1v) is 28.7. The first kappa shape index (κ1) is 53.0. The zero-order valence-corrected chi connectivity index (χ0v) is 49.2. The highest BCUT2D eigenvalue weighted by Crippen LogP contribution is 2.54. The van der Waals surface area contributed by atoms with Crippen molar-refractivity contribution in [2.75, 3.05) is 16.5 Å². The Morgan fingerprint density at radius 3 is 1.56 bits per heavy atom. The Balaban J connectivity index is 0.987. The van der Waals surface area contributed by atoms with Crippen LogP contribution in [0.15, 0.2) is 219 Å². The second kappa shape index (κ2) is 20.1. The molecule has 9 aromatic carbocycles. The summed E-state index contributed by atoms with van der Waals surface area (Å²) in [5.41, 5.74) is 21.2. The average molecular weight is 1060 g/mol. The normalized spacial score (nSPS) is 13.1. The van der Waals surface area contributed by atoms with E-state index in [1.165, 1.54) is 72.1 Å². The molecule has 0 bridgehead atoms. The molecule has 0 unspecified atom stereocenters. The third-order valence-corrected chi connectivity index (χ3v) is 16.3. The van der Waals surface area contributed by atoms with Gasteiger partial charge in [0.2, 0.25) is 0 Å². The number of hydrogen-bond acceptors (Lipinski definition) is 4. The molecule has 0 radical (unpaired) electrons. The molecule has 81 heavy (non-hydrogen) atoms. The number of benzene rings is 9. The van der Waals surface area contributed by atoms with Crippen molar-refractivity contribution in [1.82, 2.24) is 9.55 Å². The number of ether oxygens (including phenoxy) is 1. The second-order valence-corrected chi connectivity index (χ2v) is 26.2. The molecule has 404 valence electrons. The SMILES string of the molecule is CC(C)(C)c1cccc(-c2cccc3c2N(c2c(-c4ccccc4)cccc2-c2ccccc2)CN3c2cccc(Oc3ccc4c5cc(-c6cc(C(C)(C)C)cc(C(C)(C)C)c6)ccc5n(-c5cc(C(C)(C)C)ccn5)c4c3)c2)c1. The van der Waals surface area contributed by atoms with Crippen molar-refractivity contribution < 1.29 is 4.74 Å². The molecule has 1 aliphatic rings. The molecule has 0 spiro atoms. The van der Waals surface area contributed by atoms with Gasteiger partial charge < -0.3 is 14.5 Å². The van der Waals surface area contributed by atoms with E-state index >= 15 is 0 Å². The van der Waals surface area contributed by atoms with Gasteiger partial charge in [0.15, 0.2) is 0 Å². The van der Waals surface area contributed by atoms with Crippen molar-refractivity contribution in [2.45, 2.75) is 105 Å². The van der Waals surface area contributed by atoms with Crippen LogP contribution in [0, 0.1) is 0 Å². The van der Waals surface area contributed by atoms with E-state index in [1.54, 1.807) is 0 Å². The van der Waals surface area contributed by atoms with Crippen molar-refractivity contribution in [2.24, 2.45) is 0 Å². The second-order valence-electron chi connectivity index (χ2n) is 26.2. The van der Waals surface area contributed by atoms with E-state index in [2.05, 4.69) is 310 Å². The molecule has 5 nitrogen and oxygen atoms in total. The number of hydrogen-bond donors (Lipinski definition) is 0. The van der Waals surface area contributed by atoms with E-state index in [0.717, 1.165) is 56.5 Å². The first-order chi connectivity index (χ1) is 38.7. The van der Waals surface area contributed by atoms with Crippen LogP contribution in [0.3, 0.4) is 0 Å². The van der Waals surface area contributed by atoms with Gasteiger partial charge in [-0.15, -0.1) is 0 Å². The maximum Gasteiger partial charge on any atom is 0.137 e. The molecule has 0 N–H and O–H groups in total. The van der Waals surface area contributed by atoms with E-state index in [4.69, 9.17) is 9.72 Å². The van der Waals surface area contributed by atoms with Crippen molar-refractivity contribution in [1.29, 1.82) is 0 Å². The van der Waals surface area contributed by atoms with Crippen LogP contribution >= 0.6 is 0 Å². The number of fused-ring (bicyclic) bond motifs is 4. The molecule has 1 aliphatic heterocycles. The number of aromatic nitrogens is 2. The molecule has 3 heterocycles. The van der Waals surface area contributed by atoms with Gasteiger partial charge in [-0.3, -0.25) is 4.57 Å². The molecule has 0 aliphatic carbocycles. The summed E-state index contributed by atoms with van der Waals surface area (Å²) < 4.78 is 9.37. The fourth-order valence-corrected chi connectivity index (χ4v) is 11.7. The van der Waals surface area contributed by atoms with E-state index in [1.807, 2.05) is 6.20 Å². The van der Waals surface area contributed by atoms with E-state index in [-0.39, 0.29) is 21.7 Å². The lowest BCUT2D eigenvalue weighted by atomic mass is 9.79. The van der Waals surface area contributed by atoms with Crippen LogP contribution in [0.5, 0.6) is 11.5 Å². The fraction of sp³-hybridized carbons (Fsp3) is 0.224. The highest BCUT2D eigenvalue weighted by molar-refractivity contribution is 6.11. The molecule has 11 aromatic rings. The number of nitrogens with zero attached hydrogens (tertiary/aromatic N) is 4.